The Morgan fingerprint density at radius 2 is 1.94 bits per heavy atom. The number of amides is 1. The van der Waals surface area contributed by atoms with Gasteiger partial charge < -0.3 is 9.73 Å². The summed E-state index contributed by atoms with van der Waals surface area (Å²) < 4.78 is 7.52. The molecule has 0 saturated heterocycles. The van der Waals surface area contributed by atoms with Crippen LogP contribution in [0.25, 0.3) is 11.4 Å². The number of nitrogens with zero attached hydrogens (tertiary/aromatic N) is 4. The summed E-state index contributed by atoms with van der Waals surface area (Å²) in [6, 6.07) is 14.3. The van der Waals surface area contributed by atoms with Crippen LogP contribution in [-0.2, 0) is 16.8 Å². The molecule has 172 valence electrons. The number of nitriles is 1. The van der Waals surface area contributed by atoms with Gasteiger partial charge in [-0.1, -0.05) is 56.8 Å². The minimum Gasteiger partial charge on any atom is -0.467 e. The number of carbonyl (C=O) groups is 1. The molecule has 1 aromatic carbocycles. The van der Waals surface area contributed by atoms with Crippen LogP contribution < -0.4 is 5.32 Å². The van der Waals surface area contributed by atoms with Gasteiger partial charge in [-0.3, -0.25) is 9.36 Å². The molecule has 1 amide bonds. The van der Waals surface area contributed by atoms with Gasteiger partial charge in [-0.25, -0.2) is 0 Å². The van der Waals surface area contributed by atoms with Crippen LogP contribution in [0.1, 0.15) is 51.9 Å². The molecule has 1 fully saturated rings. The molecule has 33 heavy (non-hydrogen) atoms. The predicted molar refractivity (Wildman–Crippen MR) is 128 cm³/mol. The van der Waals surface area contributed by atoms with Gasteiger partial charge >= 0.3 is 0 Å². The zero-order valence-corrected chi connectivity index (χ0v) is 20.3. The molecule has 0 aliphatic heterocycles. The zero-order valence-electron chi connectivity index (χ0n) is 19.5. The molecule has 2 aromatic heterocycles. The highest BCUT2D eigenvalue weighted by Gasteiger charge is 2.43. The molecule has 1 saturated carbocycles. The molecule has 1 N–H and O–H groups in total. The van der Waals surface area contributed by atoms with Gasteiger partial charge in [0.25, 0.3) is 0 Å². The van der Waals surface area contributed by atoms with Crippen LogP contribution in [0.3, 0.4) is 0 Å². The van der Waals surface area contributed by atoms with E-state index in [1.54, 1.807) is 13.2 Å². The maximum atomic E-state index is 12.6. The van der Waals surface area contributed by atoms with E-state index < -0.39 is 5.54 Å². The van der Waals surface area contributed by atoms with Crippen LogP contribution in [0.15, 0.2) is 52.2 Å². The van der Waals surface area contributed by atoms with Gasteiger partial charge in [0.1, 0.15) is 11.3 Å². The Morgan fingerprint density at radius 3 is 2.52 bits per heavy atom. The van der Waals surface area contributed by atoms with Gasteiger partial charge in [0, 0.05) is 5.56 Å². The highest BCUT2D eigenvalue weighted by atomic mass is 32.2. The summed E-state index contributed by atoms with van der Waals surface area (Å²) in [7, 11) is 0. The molecule has 0 bridgehead atoms. The fraction of sp³-hybridized carbons (Fsp3) is 0.440. The van der Waals surface area contributed by atoms with Crippen molar-refractivity contribution in [2.24, 2.45) is 5.92 Å². The van der Waals surface area contributed by atoms with Crippen LogP contribution in [0.4, 0.5) is 0 Å². The van der Waals surface area contributed by atoms with Crippen molar-refractivity contribution < 1.29 is 9.21 Å². The monoisotopic (exact) mass is 463 g/mol. The van der Waals surface area contributed by atoms with E-state index in [4.69, 9.17) is 4.42 Å². The van der Waals surface area contributed by atoms with E-state index in [0.29, 0.717) is 11.7 Å². The van der Waals surface area contributed by atoms with Crippen LogP contribution >= 0.6 is 11.8 Å². The second-order valence-corrected chi connectivity index (χ2v) is 10.7. The molecule has 1 atom stereocenters. The largest absolute Gasteiger partial charge is 0.467 e. The van der Waals surface area contributed by atoms with E-state index in [0.717, 1.165) is 30.0 Å². The van der Waals surface area contributed by atoms with Crippen molar-refractivity contribution >= 4 is 17.7 Å². The third-order valence-electron chi connectivity index (χ3n) is 5.98. The van der Waals surface area contributed by atoms with Gasteiger partial charge in [-0.05, 0) is 48.8 Å². The third-order valence-corrected chi connectivity index (χ3v) is 6.94. The lowest BCUT2D eigenvalue weighted by atomic mass is 9.87. The van der Waals surface area contributed by atoms with Crippen molar-refractivity contribution in [2.45, 2.75) is 63.2 Å². The summed E-state index contributed by atoms with van der Waals surface area (Å²) in [5.41, 5.74) is 1.45. The first kappa shape index (κ1) is 23.1. The number of thioether (sulfide) groups is 1. The highest BCUT2D eigenvalue weighted by Crippen LogP contribution is 2.39. The molecule has 8 heteroatoms. The van der Waals surface area contributed by atoms with Crippen molar-refractivity contribution in [1.29, 1.82) is 5.26 Å². The first-order valence-electron chi connectivity index (χ1n) is 11.1. The first-order chi connectivity index (χ1) is 15.7. The summed E-state index contributed by atoms with van der Waals surface area (Å²) >= 11 is 1.31. The van der Waals surface area contributed by atoms with Gasteiger partial charge in [0.2, 0.25) is 5.91 Å². The van der Waals surface area contributed by atoms with Crippen molar-refractivity contribution in [3.8, 4) is 17.5 Å². The van der Waals surface area contributed by atoms with Gasteiger partial charge in [-0.15, -0.1) is 10.2 Å². The molecule has 3 aromatic rings. The van der Waals surface area contributed by atoms with Crippen LogP contribution in [0, 0.1) is 17.2 Å². The average molecular weight is 464 g/mol. The average Bonchev–Trinajstić information content (AvgIpc) is 3.39. The number of aromatic nitrogens is 3. The maximum absolute atomic E-state index is 12.6. The van der Waals surface area contributed by atoms with E-state index in [1.165, 1.54) is 17.3 Å². The van der Waals surface area contributed by atoms with Crippen LogP contribution in [0.5, 0.6) is 0 Å². The molecule has 2 heterocycles. The van der Waals surface area contributed by atoms with E-state index in [9.17, 15) is 10.1 Å². The lowest BCUT2D eigenvalue weighted by Crippen LogP contribution is -2.47. The van der Waals surface area contributed by atoms with Gasteiger partial charge in [0.05, 0.1) is 24.6 Å². The summed E-state index contributed by atoms with van der Waals surface area (Å²) in [5.74, 6) is 1.71. The number of benzene rings is 1. The number of carbonyl (C=O) groups excluding carboxylic acids is 1. The number of rotatable bonds is 8. The number of furan rings is 1. The highest BCUT2D eigenvalue weighted by molar-refractivity contribution is 7.99. The van der Waals surface area contributed by atoms with E-state index >= 15 is 0 Å². The molecular formula is C25H29N5O2S. The molecule has 1 unspecified atom stereocenters. The summed E-state index contributed by atoms with van der Waals surface area (Å²) in [6.45, 7) is 8.80. The molecule has 1 aliphatic carbocycles. The molecule has 0 spiro atoms. The minimum absolute atomic E-state index is 0.0626. The fourth-order valence-corrected chi connectivity index (χ4v) is 4.50. The van der Waals surface area contributed by atoms with E-state index in [2.05, 4.69) is 66.6 Å². The fourth-order valence-electron chi connectivity index (χ4n) is 3.77. The topological polar surface area (TPSA) is 96.7 Å². The Kier molecular flexibility index (Phi) is 6.35. The number of hydrogen-bond acceptors (Lipinski definition) is 6. The SMILES string of the molecule is CC(C)(C)c1ccc(-c2nnc(SCC(=O)NC(C)(C#N)C3CC3)n2Cc2ccco2)cc1. The Bertz CT molecular complexity index is 1150. The lowest BCUT2D eigenvalue weighted by molar-refractivity contribution is -0.119. The van der Waals surface area contributed by atoms with Crippen molar-refractivity contribution in [3.05, 3.63) is 54.0 Å². The van der Waals surface area contributed by atoms with Crippen LogP contribution in [0.2, 0.25) is 0 Å². The molecule has 0 radical (unpaired) electrons. The molecular weight excluding hydrogens is 434 g/mol. The number of hydrogen-bond donors (Lipinski definition) is 1. The van der Waals surface area contributed by atoms with E-state index in [1.807, 2.05) is 16.7 Å². The Hall–Kier alpha value is -3.05. The number of nitrogens with one attached hydrogen (secondary N) is 1. The Balaban J connectivity index is 1.55. The smallest absolute Gasteiger partial charge is 0.231 e. The normalized spacial score (nSPS) is 15.6. The molecule has 1 aliphatic rings. The first-order valence-corrected chi connectivity index (χ1v) is 12.1. The predicted octanol–water partition coefficient (Wildman–Crippen LogP) is 4.78. The standard InChI is InChI=1S/C25H29N5O2S/c1-24(2,3)18-9-7-17(8-10-18)22-28-29-23(30(22)14-20-6-5-13-32-20)33-15-21(31)27-25(4,16-26)19-11-12-19/h5-10,13,19H,11-12,14-15H2,1-4H3,(H,27,31). The zero-order chi connectivity index (χ0) is 23.6. The van der Waals surface area contributed by atoms with E-state index in [-0.39, 0.29) is 23.0 Å². The maximum Gasteiger partial charge on any atom is 0.231 e. The minimum atomic E-state index is -0.806. The molecule has 4 rings (SSSR count). The van der Waals surface area contributed by atoms with Crippen molar-refractivity contribution in [2.75, 3.05) is 5.75 Å². The van der Waals surface area contributed by atoms with Gasteiger partial charge in [-0.2, -0.15) is 5.26 Å². The van der Waals surface area contributed by atoms with Crippen molar-refractivity contribution in [1.82, 2.24) is 20.1 Å². The Morgan fingerprint density at radius 1 is 1.21 bits per heavy atom. The van der Waals surface area contributed by atoms with Crippen molar-refractivity contribution in [3.63, 3.8) is 0 Å². The quantitative estimate of drug-likeness (QED) is 0.483. The lowest BCUT2D eigenvalue weighted by Gasteiger charge is -2.22. The molecule has 7 nitrogen and oxygen atoms in total. The van der Waals surface area contributed by atoms with Gasteiger partial charge in [0.15, 0.2) is 11.0 Å². The summed E-state index contributed by atoms with van der Waals surface area (Å²) in [5, 5.41) is 21.8. The summed E-state index contributed by atoms with van der Waals surface area (Å²) in [4.78, 5) is 12.6. The van der Waals surface area contributed by atoms with Crippen LogP contribution in [-0.4, -0.2) is 32.0 Å². The second-order valence-electron chi connectivity index (χ2n) is 9.72. The summed E-state index contributed by atoms with van der Waals surface area (Å²) in [6.07, 6.45) is 3.59. The second kappa shape index (κ2) is 9.06. The third kappa shape index (κ3) is 5.31. The Labute approximate surface area is 198 Å².